The third-order valence-electron chi connectivity index (χ3n) is 1.70. The lowest BCUT2D eigenvalue weighted by Crippen LogP contribution is -2.09. The van der Waals surface area contributed by atoms with Crippen LogP contribution >= 0.6 is 22.6 Å². The molecule has 0 aliphatic heterocycles. The van der Waals surface area contributed by atoms with Crippen molar-refractivity contribution in [1.29, 1.82) is 0 Å². The molecule has 0 unspecified atom stereocenters. The summed E-state index contributed by atoms with van der Waals surface area (Å²) in [4.78, 5) is 14.2. The highest BCUT2D eigenvalue weighted by Gasteiger charge is 2.17. The number of aromatic nitrogens is 1. The first-order valence-corrected chi connectivity index (χ1v) is 4.80. The second-order valence-electron chi connectivity index (χ2n) is 2.52. The number of carbonyl (C=O) groups excluding carboxylic acids is 1. The van der Waals surface area contributed by atoms with Crippen molar-refractivity contribution in [3.63, 3.8) is 0 Å². The molecule has 1 aromatic heterocycles. The number of hydrogen-bond acceptors (Lipinski definition) is 3. The lowest BCUT2D eigenvalue weighted by atomic mass is 10.1. The number of rotatable bonds is 3. The number of hydrogen-bond donors (Lipinski definition) is 1. The summed E-state index contributed by atoms with van der Waals surface area (Å²) in [6.07, 6.45) is -2.19. The minimum absolute atomic E-state index is 0.113. The Labute approximate surface area is 92.8 Å². The van der Waals surface area contributed by atoms with Crippen LogP contribution in [0.5, 0.6) is 0 Å². The van der Waals surface area contributed by atoms with Gasteiger partial charge >= 0.3 is 0 Å². The number of halogens is 3. The Bertz CT molecular complexity index is 357. The second-order valence-corrected chi connectivity index (χ2v) is 3.63. The molecule has 0 fully saturated rings. The van der Waals surface area contributed by atoms with Gasteiger partial charge in [0.1, 0.15) is 9.39 Å². The van der Waals surface area contributed by atoms with Crippen molar-refractivity contribution in [1.82, 2.24) is 4.98 Å². The zero-order chi connectivity index (χ0) is 10.7. The first-order chi connectivity index (χ1) is 6.60. The van der Waals surface area contributed by atoms with Crippen molar-refractivity contribution in [2.45, 2.75) is 13.0 Å². The summed E-state index contributed by atoms with van der Waals surface area (Å²) in [5.41, 5.74) is 5.18. The molecule has 1 rings (SSSR count). The molecular weight excluding hydrogens is 305 g/mol. The number of pyridine rings is 1. The fourth-order valence-electron chi connectivity index (χ4n) is 1.09. The van der Waals surface area contributed by atoms with Crippen LogP contribution in [-0.4, -0.2) is 11.3 Å². The maximum absolute atomic E-state index is 12.5. The maximum atomic E-state index is 12.5. The van der Waals surface area contributed by atoms with Gasteiger partial charge < -0.3 is 5.73 Å². The van der Waals surface area contributed by atoms with Crippen LogP contribution < -0.4 is 5.73 Å². The Balaban J connectivity index is 3.39. The third kappa shape index (κ3) is 2.24. The van der Waals surface area contributed by atoms with Gasteiger partial charge in [0, 0.05) is 17.7 Å². The molecule has 0 radical (unpaired) electrons. The van der Waals surface area contributed by atoms with E-state index in [2.05, 4.69) is 4.98 Å². The van der Waals surface area contributed by atoms with Crippen molar-refractivity contribution in [3.05, 3.63) is 26.6 Å². The summed E-state index contributed by atoms with van der Waals surface area (Å²) in [6.45, 7) is -0.113. The van der Waals surface area contributed by atoms with Crippen molar-refractivity contribution in [2.24, 2.45) is 5.73 Å². The van der Waals surface area contributed by atoms with Crippen LogP contribution in [0.3, 0.4) is 0 Å². The maximum Gasteiger partial charge on any atom is 0.280 e. The van der Waals surface area contributed by atoms with E-state index in [1.54, 1.807) is 22.6 Å². The molecule has 0 aliphatic rings. The van der Waals surface area contributed by atoms with Crippen LogP contribution in [0.2, 0.25) is 0 Å². The number of alkyl halides is 2. The highest BCUT2D eigenvalue weighted by atomic mass is 127. The monoisotopic (exact) mass is 312 g/mol. The van der Waals surface area contributed by atoms with E-state index in [9.17, 15) is 13.6 Å². The number of nitrogens with two attached hydrogens (primary N) is 1. The number of aldehydes is 1. The molecule has 0 spiro atoms. The topological polar surface area (TPSA) is 56.0 Å². The smallest absolute Gasteiger partial charge is 0.280 e. The molecule has 0 bridgehead atoms. The Morgan fingerprint density at radius 1 is 1.64 bits per heavy atom. The lowest BCUT2D eigenvalue weighted by Gasteiger charge is -2.08. The van der Waals surface area contributed by atoms with Crippen LogP contribution in [0, 0.1) is 3.70 Å². The van der Waals surface area contributed by atoms with Crippen LogP contribution in [-0.2, 0) is 6.54 Å². The molecule has 1 heterocycles. The van der Waals surface area contributed by atoms with Gasteiger partial charge in [-0.2, -0.15) is 0 Å². The quantitative estimate of drug-likeness (QED) is 0.527. The van der Waals surface area contributed by atoms with Gasteiger partial charge in [0.25, 0.3) is 6.43 Å². The number of carbonyl (C=O) groups is 1. The second kappa shape index (κ2) is 4.74. The molecule has 0 saturated carbocycles. The zero-order valence-corrected chi connectivity index (χ0v) is 9.16. The molecule has 2 N–H and O–H groups in total. The Kier molecular flexibility index (Phi) is 3.87. The van der Waals surface area contributed by atoms with Crippen molar-refractivity contribution < 1.29 is 13.6 Å². The van der Waals surface area contributed by atoms with Crippen LogP contribution in [0.15, 0.2) is 6.07 Å². The van der Waals surface area contributed by atoms with Gasteiger partial charge in [-0.05, 0) is 28.7 Å². The molecule has 6 heteroatoms. The Hall–Kier alpha value is -0.630. The molecule has 0 amide bonds. The minimum atomic E-state index is -2.71. The van der Waals surface area contributed by atoms with Gasteiger partial charge in [0.15, 0.2) is 6.29 Å². The molecule has 0 saturated heterocycles. The van der Waals surface area contributed by atoms with Gasteiger partial charge in [0.2, 0.25) is 0 Å². The highest BCUT2D eigenvalue weighted by molar-refractivity contribution is 14.1. The zero-order valence-electron chi connectivity index (χ0n) is 7.01. The van der Waals surface area contributed by atoms with E-state index in [0.717, 1.165) is 0 Å². The Morgan fingerprint density at radius 2 is 2.29 bits per heavy atom. The molecule has 3 nitrogen and oxygen atoms in total. The van der Waals surface area contributed by atoms with Crippen molar-refractivity contribution in [2.75, 3.05) is 0 Å². The fraction of sp³-hybridized carbons (Fsp3) is 0.250. The number of nitrogens with zero attached hydrogens (tertiary/aromatic N) is 1. The average Bonchev–Trinajstić information content (AvgIpc) is 2.16. The van der Waals surface area contributed by atoms with E-state index < -0.39 is 12.1 Å². The normalized spacial score (nSPS) is 10.6. The largest absolute Gasteiger partial charge is 0.326 e. The summed E-state index contributed by atoms with van der Waals surface area (Å²) in [5, 5.41) is 0. The van der Waals surface area contributed by atoms with Gasteiger partial charge in [-0.3, -0.25) is 4.79 Å². The first-order valence-electron chi connectivity index (χ1n) is 3.72. The fourth-order valence-corrected chi connectivity index (χ4v) is 1.68. The predicted octanol–water partition coefficient (Wildman–Crippen LogP) is 1.90. The minimum Gasteiger partial charge on any atom is -0.326 e. The van der Waals surface area contributed by atoms with Crippen molar-refractivity contribution >= 4 is 28.9 Å². The lowest BCUT2D eigenvalue weighted by molar-refractivity contribution is 0.112. The first kappa shape index (κ1) is 11.4. The van der Waals surface area contributed by atoms with E-state index in [-0.39, 0.29) is 17.7 Å². The molecule has 0 atom stereocenters. The molecule has 76 valence electrons. The average molecular weight is 312 g/mol. The standard InChI is InChI=1S/C8H7F2IN2O/c9-8(10)7-5(2-12)4(3-14)1-6(11)13-7/h1,3,8H,2,12H2. The predicted molar refractivity (Wildman–Crippen MR) is 55.2 cm³/mol. The van der Waals surface area contributed by atoms with Crippen molar-refractivity contribution in [3.8, 4) is 0 Å². The summed E-state index contributed by atoms with van der Waals surface area (Å²) in [6, 6.07) is 1.43. The van der Waals surface area contributed by atoms with Crippen LogP contribution in [0.1, 0.15) is 28.0 Å². The van der Waals surface area contributed by atoms with E-state index in [4.69, 9.17) is 5.73 Å². The van der Waals surface area contributed by atoms with Crippen LogP contribution in [0.25, 0.3) is 0 Å². The van der Waals surface area contributed by atoms with E-state index in [1.807, 2.05) is 0 Å². The molecular formula is C8H7F2IN2O. The summed E-state index contributed by atoms with van der Waals surface area (Å²) in [7, 11) is 0. The van der Waals surface area contributed by atoms with Gasteiger partial charge in [-0.25, -0.2) is 13.8 Å². The van der Waals surface area contributed by atoms with E-state index in [1.165, 1.54) is 6.07 Å². The highest BCUT2D eigenvalue weighted by Crippen LogP contribution is 2.24. The summed E-state index contributed by atoms with van der Waals surface area (Å²) in [5.74, 6) is 0. The Morgan fingerprint density at radius 3 is 2.71 bits per heavy atom. The van der Waals surface area contributed by atoms with E-state index >= 15 is 0 Å². The van der Waals surface area contributed by atoms with Gasteiger partial charge in [0.05, 0.1) is 0 Å². The third-order valence-corrected chi connectivity index (χ3v) is 2.25. The SMILES string of the molecule is NCc1c(C=O)cc(I)nc1C(F)F. The summed E-state index contributed by atoms with van der Waals surface area (Å²) >= 11 is 1.78. The summed E-state index contributed by atoms with van der Waals surface area (Å²) < 4.78 is 25.3. The van der Waals surface area contributed by atoms with Gasteiger partial charge in [-0.15, -0.1) is 0 Å². The molecule has 0 aliphatic carbocycles. The molecule has 0 aromatic carbocycles. The van der Waals surface area contributed by atoms with Gasteiger partial charge in [-0.1, -0.05) is 0 Å². The molecule has 14 heavy (non-hydrogen) atoms. The van der Waals surface area contributed by atoms with E-state index in [0.29, 0.717) is 9.99 Å². The molecule has 1 aromatic rings. The van der Waals surface area contributed by atoms with Crippen LogP contribution in [0.4, 0.5) is 8.78 Å².